The highest BCUT2D eigenvalue weighted by molar-refractivity contribution is 7.10. The second kappa shape index (κ2) is 8.08. The van der Waals surface area contributed by atoms with Gasteiger partial charge in [-0.2, -0.15) is 0 Å². The molecule has 1 aromatic carbocycles. The van der Waals surface area contributed by atoms with Gasteiger partial charge in [0.05, 0.1) is 32.6 Å². The van der Waals surface area contributed by atoms with E-state index >= 15 is 0 Å². The van der Waals surface area contributed by atoms with Crippen molar-refractivity contribution < 1.29 is 28.6 Å². The van der Waals surface area contributed by atoms with Gasteiger partial charge in [0.2, 0.25) is 0 Å². The lowest BCUT2D eigenvalue weighted by molar-refractivity contribution is -0.140. The molecule has 0 radical (unpaired) electrons. The molecule has 1 amide bonds. The van der Waals surface area contributed by atoms with Gasteiger partial charge in [0.25, 0.3) is 11.7 Å². The van der Waals surface area contributed by atoms with Crippen molar-refractivity contribution in [3.05, 3.63) is 75.9 Å². The Morgan fingerprint density at radius 3 is 2.40 bits per heavy atom. The van der Waals surface area contributed by atoms with Crippen molar-refractivity contribution in [3.8, 4) is 11.5 Å². The maximum absolute atomic E-state index is 13.0. The highest BCUT2D eigenvalue weighted by Crippen LogP contribution is 2.44. The van der Waals surface area contributed by atoms with Crippen LogP contribution in [0.4, 0.5) is 0 Å². The molecule has 7 nitrogen and oxygen atoms in total. The van der Waals surface area contributed by atoms with E-state index in [4.69, 9.17) is 13.9 Å². The summed E-state index contributed by atoms with van der Waals surface area (Å²) in [6.07, 6.45) is 1.51. The number of hydrogen-bond acceptors (Lipinski definition) is 7. The van der Waals surface area contributed by atoms with E-state index in [0.29, 0.717) is 17.3 Å². The molecule has 1 aliphatic heterocycles. The number of rotatable bonds is 6. The summed E-state index contributed by atoms with van der Waals surface area (Å²) < 4.78 is 16.1. The summed E-state index contributed by atoms with van der Waals surface area (Å²) in [5, 5.41) is 13.1. The molecule has 1 aliphatic rings. The van der Waals surface area contributed by atoms with Crippen molar-refractivity contribution in [2.24, 2.45) is 0 Å². The lowest BCUT2D eigenvalue weighted by Gasteiger charge is -2.23. The van der Waals surface area contributed by atoms with Crippen LogP contribution >= 0.6 is 11.3 Å². The second-order valence-corrected chi connectivity index (χ2v) is 7.54. The molecule has 2 aromatic heterocycles. The Labute approximate surface area is 176 Å². The fourth-order valence-electron chi connectivity index (χ4n) is 3.58. The maximum atomic E-state index is 13.0. The zero-order chi connectivity index (χ0) is 21.3. The van der Waals surface area contributed by atoms with Gasteiger partial charge in [-0.15, -0.1) is 11.3 Å². The molecule has 30 heavy (non-hydrogen) atoms. The van der Waals surface area contributed by atoms with E-state index in [9.17, 15) is 14.7 Å². The molecular weight excluding hydrogens is 406 g/mol. The monoisotopic (exact) mass is 425 g/mol. The second-order valence-electron chi connectivity index (χ2n) is 6.56. The van der Waals surface area contributed by atoms with E-state index in [1.54, 1.807) is 30.3 Å². The van der Waals surface area contributed by atoms with Crippen LogP contribution in [0.1, 0.15) is 22.2 Å². The molecule has 1 N–H and O–H groups in total. The van der Waals surface area contributed by atoms with Gasteiger partial charge in [-0.1, -0.05) is 12.1 Å². The van der Waals surface area contributed by atoms with Gasteiger partial charge in [0.15, 0.2) is 0 Å². The number of Topliss-reactive ketones (excluding diaryl/α,β-unsaturated/α-hetero) is 1. The largest absolute Gasteiger partial charge is 0.506 e. The van der Waals surface area contributed by atoms with Gasteiger partial charge in [-0.25, -0.2) is 0 Å². The Kier molecular flexibility index (Phi) is 5.33. The quantitative estimate of drug-likeness (QED) is 0.365. The summed E-state index contributed by atoms with van der Waals surface area (Å²) in [6, 6.07) is 11.3. The molecule has 0 saturated carbocycles. The van der Waals surface area contributed by atoms with Crippen LogP contribution in [0.3, 0.4) is 0 Å². The number of furan rings is 1. The molecule has 1 saturated heterocycles. The fraction of sp³-hybridized carbons (Fsp3) is 0.182. The van der Waals surface area contributed by atoms with Crippen LogP contribution in [0, 0.1) is 0 Å². The van der Waals surface area contributed by atoms with Crippen molar-refractivity contribution >= 4 is 28.8 Å². The lowest BCUT2D eigenvalue weighted by atomic mass is 9.98. The third-order valence-electron chi connectivity index (χ3n) is 4.92. The Hall–Kier alpha value is -3.52. The molecule has 154 valence electrons. The van der Waals surface area contributed by atoms with Crippen LogP contribution in [0.25, 0.3) is 5.76 Å². The van der Waals surface area contributed by atoms with Crippen LogP contribution in [0.15, 0.2) is 64.1 Å². The smallest absolute Gasteiger partial charge is 0.296 e. The molecule has 1 unspecified atom stereocenters. The number of methoxy groups -OCH3 is 2. The maximum Gasteiger partial charge on any atom is 0.296 e. The first-order chi connectivity index (χ1) is 14.6. The number of aliphatic hydroxyl groups excluding tert-OH is 1. The van der Waals surface area contributed by atoms with Crippen molar-refractivity contribution in [3.63, 3.8) is 0 Å². The van der Waals surface area contributed by atoms with Crippen molar-refractivity contribution in [1.29, 1.82) is 0 Å². The van der Waals surface area contributed by atoms with Crippen molar-refractivity contribution in [2.45, 2.75) is 12.6 Å². The van der Waals surface area contributed by atoms with Gasteiger partial charge in [0.1, 0.15) is 34.6 Å². The molecular formula is C22H19NO6S. The molecule has 0 spiro atoms. The molecule has 1 fully saturated rings. The third kappa shape index (κ3) is 3.25. The third-order valence-corrected chi connectivity index (χ3v) is 5.85. The van der Waals surface area contributed by atoms with Gasteiger partial charge in [0, 0.05) is 4.88 Å². The summed E-state index contributed by atoms with van der Waals surface area (Å²) in [7, 11) is 2.91. The minimum atomic E-state index is -0.773. The molecule has 4 rings (SSSR count). The van der Waals surface area contributed by atoms with E-state index in [0.717, 1.165) is 4.88 Å². The number of aliphatic hydroxyl groups is 1. The average Bonchev–Trinajstić information content (AvgIpc) is 3.51. The van der Waals surface area contributed by atoms with Gasteiger partial charge in [-0.3, -0.25) is 9.59 Å². The molecule has 1 atom stereocenters. The highest BCUT2D eigenvalue weighted by atomic mass is 32.1. The Bertz CT molecular complexity index is 1080. The van der Waals surface area contributed by atoms with Gasteiger partial charge in [-0.05, 0) is 35.7 Å². The molecule has 8 heteroatoms. The van der Waals surface area contributed by atoms with Crippen LogP contribution < -0.4 is 9.47 Å². The first-order valence-corrected chi connectivity index (χ1v) is 10.00. The molecule has 0 bridgehead atoms. The predicted molar refractivity (Wildman–Crippen MR) is 110 cm³/mol. The zero-order valence-electron chi connectivity index (χ0n) is 16.3. The minimum absolute atomic E-state index is 0.0168. The first kappa shape index (κ1) is 19.8. The summed E-state index contributed by atoms with van der Waals surface area (Å²) in [4.78, 5) is 28.1. The van der Waals surface area contributed by atoms with E-state index in [1.807, 2.05) is 17.5 Å². The van der Waals surface area contributed by atoms with E-state index < -0.39 is 17.7 Å². The van der Waals surface area contributed by atoms with Crippen LogP contribution in [0.2, 0.25) is 0 Å². The number of hydrogen-bond donors (Lipinski definition) is 1. The van der Waals surface area contributed by atoms with Crippen LogP contribution in [-0.2, 0) is 16.1 Å². The number of likely N-dealkylation sites (tertiary alicyclic amines) is 1. The van der Waals surface area contributed by atoms with Gasteiger partial charge < -0.3 is 23.9 Å². The summed E-state index contributed by atoms with van der Waals surface area (Å²) in [6.45, 7) is 0.0972. The SMILES string of the molecule is COc1cccc(OC)c1/C(O)=C1\C(=O)C(=O)N(Cc2ccco2)C1c1cccs1. The van der Waals surface area contributed by atoms with Gasteiger partial charge >= 0.3 is 0 Å². The Morgan fingerprint density at radius 2 is 1.83 bits per heavy atom. The number of ether oxygens (including phenoxy) is 2. The Balaban J connectivity index is 1.91. The number of ketones is 1. The normalized spacial score (nSPS) is 18.1. The minimum Gasteiger partial charge on any atom is -0.506 e. The standard InChI is InChI=1S/C22H19NO6S/c1-27-14-7-3-8-15(28-2)17(14)20(24)18-19(16-9-5-11-30-16)23(22(26)21(18)25)12-13-6-4-10-29-13/h3-11,19,24H,12H2,1-2H3/b20-18+. The van der Waals surface area contributed by atoms with E-state index in [1.165, 1.54) is 36.7 Å². The summed E-state index contributed by atoms with van der Waals surface area (Å²) in [5.41, 5.74) is 0.205. The van der Waals surface area contributed by atoms with Crippen LogP contribution in [0.5, 0.6) is 11.5 Å². The van der Waals surface area contributed by atoms with Crippen LogP contribution in [-0.4, -0.2) is 35.9 Å². The number of carbonyl (C=O) groups is 2. The van der Waals surface area contributed by atoms with Crippen molar-refractivity contribution in [1.82, 2.24) is 4.90 Å². The highest BCUT2D eigenvalue weighted by Gasteiger charge is 2.47. The van der Waals surface area contributed by atoms with E-state index in [-0.39, 0.29) is 23.4 Å². The number of amides is 1. The average molecular weight is 425 g/mol. The number of benzene rings is 1. The number of thiophene rings is 1. The van der Waals surface area contributed by atoms with Crippen molar-refractivity contribution in [2.75, 3.05) is 14.2 Å². The number of nitrogens with zero attached hydrogens (tertiary/aromatic N) is 1. The first-order valence-electron chi connectivity index (χ1n) is 9.12. The molecule has 3 heterocycles. The summed E-state index contributed by atoms with van der Waals surface area (Å²) >= 11 is 1.39. The lowest BCUT2D eigenvalue weighted by Crippen LogP contribution is -2.28. The summed E-state index contributed by atoms with van der Waals surface area (Å²) in [5.74, 6) is -0.634. The Morgan fingerprint density at radius 1 is 1.10 bits per heavy atom. The van der Waals surface area contributed by atoms with E-state index in [2.05, 4.69) is 0 Å². The number of carbonyl (C=O) groups excluding carboxylic acids is 2. The predicted octanol–water partition coefficient (Wildman–Crippen LogP) is 3.98. The topological polar surface area (TPSA) is 89.2 Å². The molecule has 3 aromatic rings. The fourth-order valence-corrected chi connectivity index (χ4v) is 4.42. The zero-order valence-corrected chi connectivity index (χ0v) is 17.1. The molecule has 0 aliphatic carbocycles.